The number of carbonyl (C=O) groups is 3. The number of anilines is 1. The Hall–Kier alpha value is -3.41. The number of hydrogen-bond acceptors (Lipinski definition) is 4. The van der Waals surface area contributed by atoms with Crippen molar-refractivity contribution >= 4 is 29.0 Å². The number of benzene rings is 2. The normalized spacial score (nSPS) is 13.9. The average molecular weight is 377 g/mol. The van der Waals surface area contributed by atoms with Gasteiger partial charge >= 0.3 is 0 Å². The minimum Gasteiger partial charge on any atom is -0.362 e. The number of likely N-dealkylation sites (N-methyl/N-ethyl adjacent to an activating group) is 2. The summed E-state index contributed by atoms with van der Waals surface area (Å²) < 4.78 is 0. The Morgan fingerprint density at radius 2 is 1.64 bits per heavy atom. The van der Waals surface area contributed by atoms with Gasteiger partial charge < -0.3 is 10.2 Å². The van der Waals surface area contributed by atoms with Gasteiger partial charge in [0, 0.05) is 32.7 Å². The van der Waals surface area contributed by atoms with Crippen LogP contribution >= 0.6 is 0 Å². The van der Waals surface area contributed by atoms with Crippen LogP contribution in [0.15, 0.2) is 60.3 Å². The number of nitrogens with zero attached hydrogens (tertiary/aromatic N) is 2. The summed E-state index contributed by atoms with van der Waals surface area (Å²) in [5.41, 5.74) is 3.15. The van der Waals surface area contributed by atoms with E-state index in [4.69, 9.17) is 0 Å². The van der Waals surface area contributed by atoms with E-state index in [1.54, 1.807) is 24.3 Å². The topological polar surface area (TPSA) is 69.7 Å². The molecule has 3 rings (SSSR count). The predicted molar refractivity (Wildman–Crippen MR) is 108 cm³/mol. The van der Waals surface area contributed by atoms with Crippen molar-refractivity contribution in [3.63, 3.8) is 0 Å². The first-order valence-corrected chi connectivity index (χ1v) is 9.16. The van der Waals surface area contributed by atoms with Crippen LogP contribution in [0.4, 0.5) is 5.69 Å². The molecule has 144 valence electrons. The first-order chi connectivity index (χ1) is 13.4. The van der Waals surface area contributed by atoms with E-state index in [0.717, 1.165) is 10.5 Å². The zero-order valence-electron chi connectivity index (χ0n) is 16.2. The van der Waals surface area contributed by atoms with E-state index in [9.17, 15) is 14.4 Å². The number of amides is 3. The van der Waals surface area contributed by atoms with E-state index in [0.29, 0.717) is 35.6 Å². The number of nitrogens with one attached hydrogen (secondary N) is 1. The van der Waals surface area contributed by atoms with Gasteiger partial charge in [0.1, 0.15) is 5.70 Å². The first-order valence-electron chi connectivity index (χ1n) is 9.16. The molecular formula is C22H23N3O3. The van der Waals surface area contributed by atoms with Crippen LogP contribution < -0.4 is 5.32 Å². The van der Waals surface area contributed by atoms with Crippen LogP contribution in [0.25, 0.3) is 5.57 Å². The second-order valence-electron chi connectivity index (χ2n) is 6.65. The molecular weight excluding hydrogens is 354 g/mol. The van der Waals surface area contributed by atoms with Crippen molar-refractivity contribution < 1.29 is 14.4 Å². The third kappa shape index (κ3) is 3.81. The summed E-state index contributed by atoms with van der Waals surface area (Å²) in [6.07, 6.45) is 0. The summed E-state index contributed by atoms with van der Waals surface area (Å²) in [7, 11) is 1.50. The lowest BCUT2D eigenvalue weighted by atomic mass is 10.0. The van der Waals surface area contributed by atoms with E-state index in [-0.39, 0.29) is 17.7 Å². The standard InChI is InChI=1S/C22H23N3O3/c1-4-25(14-16-8-6-5-7-9-16)20-19(21(27)24(3)22(20)28)17-10-12-18(13-11-17)23-15(2)26/h5-13H,4,14H2,1-3H3,(H,23,26). The molecule has 1 N–H and O–H groups in total. The first kappa shape index (κ1) is 19.4. The second kappa shape index (κ2) is 8.08. The fourth-order valence-corrected chi connectivity index (χ4v) is 3.26. The molecule has 0 aliphatic carbocycles. The molecule has 2 aromatic carbocycles. The fourth-order valence-electron chi connectivity index (χ4n) is 3.26. The predicted octanol–water partition coefficient (Wildman–Crippen LogP) is 2.88. The van der Waals surface area contributed by atoms with Gasteiger partial charge in [0.25, 0.3) is 11.8 Å². The van der Waals surface area contributed by atoms with Gasteiger partial charge in [-0.25, -0.2) is 0 Å². The van der Waals surface area contributed by atoms with Crippen molar-refractivity contribution in [2.24, 2.45) is 0 Å². The van der Waals surface area contributed by atoms with Crippen molar-refractivity contribution in [2.45, 2.75) is 20.4 Å². The molecule has 6 nitrogen and oxygen atoms in total. The quantitative estimate of drug-likeness (QED) is 0.786. The maximum absolute atomic E-state index is 12.9. The molecule has 2 aromatic rings. The van der Waals surface area contributed by atoms with Crippen molar-refractivity contribution in [2.75, 3.05) is 18.9 Å². The highest BCUT2D eigenvalue weighted by Gasteiger charge is 2.39. The molecule has 0 saturated carbocycles. The van der Waals surface area contributed by atoms with E-state index >= 15 is 0 Å². The van der Waals surface area contributed by atoms with Crippen molar-refractivity contribution in [1.82, 2.24) is 9.80 Å². The number of carbonyl (C=O) groups excluding carboxylic acids is 3. The fraction of sp³-hybridized carbons (Fsp3) is 0.227. The van der Waals surface area contributed by atoms with Crippen molar-refractivity contribution in [1.29, 1.82) is 0 Å². The summed E-state index contributed by atoms with van der Waals surface area (Å²) in [5.74, 6) is -0.790. The Bertz CT molecular complexity index is 933. The Kier molecular flexibility index (Phi) is 5.59. The highest BCUT2D eigenvalue weighted by atomic mass is 16.2. The molecule has 3 amide bonds. The lowest BCUT2D eigenvalue weighted by molar-refractivity contribution is -0.136. The van der Waals surface area contributed by atoms with E-state index in [1.165, 1.54) is 14.0 Å². The Balaban J connectivity index is 2.02. The molecule has 0 aromatic heterocycles. The number of imide groups is 1. The highest BCUT2D eigenvalue weighted by Crippen LogP contribution is 2.32. The van der Waals surface area contributed by atoms with Crippen LogP contribution in [-0.2, 0) is 20.9 Å². The molecule has 28 heavy (non-hydrogen) atoms. The minimum absolute atomic E-state index is 0.167. The number of rotatable bonds is 6. The summed E-state index contributed by atoms with van der Waals surface area (Å²) in [6, 6.07) is 16.8. The largest absolute Gasteiger partial charge is 0.362 e. The van der Waals surface area contributed by atoms with Gasteiger partial charge in [-0.2, -0.15) is 0 Å². The van der Waals surface area contributed by atoms with Crippen LogP contribution in [0, 0.1) is 0 Å². The van der Waals surface area contributed by atoms with Gasteiger partial charge in [-0.1, -0.05) is 42.5 Å². The molecule has 0 atom stereocenters. The SMILES string of the molecule is CCN(Cc1ccccc1)C1=C(c2ccc(NC(C)=O)cc2)C(=O)N(C)C1=O. The van der Waals surface area contributed by atoms with E-state index in [2.05, 4.69) is 5.32 Å². The maximum atomic E-state index is 12.9. The van der Waals surface area contributed by atoms with Gasteiger partial charge in [-0.3, -0.25) is 19.3 Å². The molecule has 1 aliphatic rings. The van der Waals surface area contributed by atoms with Crippen LogP contribution in [-0.4, -0.2) is 41.1 Å². The molecule has 6 heteroatoms. The summed E-state index contributed by atoms with van der Waals surface area (Å²) in [5, 5.41) is 2.70. The van der Waals surface area contributed by atoms with Crippen LogP contribution in [0.1, 0.15) is 25.0 Å². The monoisotopic (exact) mass is 377 g/mol. The Morgan fingerprint density at radius 1 is 1.00 bits per heavy atom. The van der Waals surface area contributed by atoms with Crippen LogP contribution in [0.5, 0.6) is 0 Å². The Labute approximate surface area is 164 Å². The van der Waals surface area contributed by atoms with Gasteiger partial charge in [0.15, 0.2) is 0 Å². The summed E-state index contributed by atoms with van der Waals surface area (Å²) in [6.45, 7) is 4.52. The highest BCUT2D eigenvalue weighted by molar-refractivity contribution is 6.35. The van der Waals surface area contributed by atoms with Crippen molar-refractivity contribution in [3.05, 3.63) is 71.4 Å². The molecule has 1 heterocycles. The van der Waals surface area contributed by atoms with Gasteiger partial charge in [0.2, 0.25) is 5.91 Å². The van der Waals surface area contributed by atoms with Crippen LogP contribution in [0.2, 0.25) is 0 Å². The van der Waals surface area contributed by atoms with Crippen molar-refractivity contribution in [3.8, 4) is 0 Å². The minimum atomic E-state index is -0.321. The third-order valence-electron chi connectivity index (χ3n) is 4.67. The number of hydrogen-bond donors (Lipinski definition) is 1. The molecule has 0 spiro atoms. The third-order valence-corrected chi connectivity index (χ3v) is 4.67. The average Bonchev–Trinajstić information content (AvgIpc) is 2.91. The molecule has 0 bridgehead atoms. The van der Waals surface area contributed by atoms with Crippen LogP contribution in [0.3, 0.4) is 0 Å². The van der Waals surface area contributed by atoms with Gasteiger partial charge in [-0.15, -0.1) is 0 Å². The lowest BCUT2D eigenvalue weighted by Gasteiger charge is -2.24. The summed E-state index contributed by atoms with van der Waals surface area (Å²) >= 11 is 0. The van der Waals surface area contributed by atoms with Gasteiger partial charge in [0.05, 0.1) is 5.57 Å². The molecule has 0 saturated heterocycles. The van der Waals surface area contributed by atoms with Gasteiger partial charge in [-0.05, 0) is 30.2 Å². The van der Waals surface area contributed by atoms with E-state index < -0.39 is 0 Å². The maximum Gasteiger partial charge on any atom is 0.277 e. The molecule has 0 radical (unpaired) electrons. The smallest absolute Gasteiger partial charge is 0.277 e. The molecule has 0 unspecified atom stereocenters. The second-order valence-corrected chi connectivity index (χ2v) is 6.65. The zero-order chi connectivity index (χ0) is 20.3. The lowest BCUT2D eigenvalue weighted by Crippen LogP contribution is -2.32. The molecule has 1 aliphatic heterocycles. The summed E-state index contributed by atoms with van der Waals surface area (Å²) in [4.78, 5) is 40.0. The molecule has 0 fully saturated rings. The van der Waals surface area contributed by atoms with E-state index in [1.807, 2.05) is 42.2 Å². The zero-order valence-corrected chi connectivity index (χ0v) is 16.2. The Morgan fingerprint density at radius 3 is 2.21 bits per heavy atom.